The smallest absolute Gasteiger partial charge is 0.258 e. The summed E-state index contributed by atoms with van der Waals surface area (Å²) in [7, 11) is -2.47. The van der Waals surface area contributed by atoms with Gasteiger partial charge in [-0.05, 0) is 60.7 Å². The SMILES string of the molecule is O=C(N/C(=C\Sc1ccccc1)[P+](c1ccccc1)(c1ccccc1)c1ccccc1)c1ccccc1.[Cl-]. The van der Waals surface area contributed by atoms with Gasteiger partial charge in [0.25, 0.3) is 5.91 Å². The zero-order valence-electron chi connectivity index (χ0n) is 20.7. The average molecular weight is 552 g/mol. The van der Waals surface area contributed by atoms with Crippen LogP contribution < -0.4 is 33.6 Å². The van der Waals surface area contributed by atoms with Gasteiger partial charge in [-0.15, -0.1) is 0 Å². The number of carbonyl (C=O) groups is 1. The number of nitrogens with one attached hydrogen (secondary N) is 1. The Balaban J connectivity index is 0.00000336. The monoisotopic (exact) mass is 551 g/mol. The lowest BCUT2D eigenvalue weighted by atomic mass is 10.2. The standard InChI is InChI=1S/C33H26NOPS.ClH/c35-33(27-16-6-1-7-17-27)34-32(26-37-31-24-14-5-15-25-31)36(28-18-8-2-9-19-28,29-20-10-3-11-21-29)30-22-12-4-13-23-30;/h1-26H;1H/b32-26+;. The lowest BCUT2D eigenvalue weighted by molar-refractivity contribution is -0.0000153. The van der Waals surface area contributed by atoms with Crippen molar-refractivity contribution in [1.29, 1.82) is 0 Å². The first kappa shape index (κ1) is 27.4. The van der Waals surface area contributed by atoms with E-state index in [1.807, 2.05) is 66.7 Å². The van der Waals surface area contributed by atoms with E-state index < -0.39 is 7.26 Å². The molecule has 0 aromatic heterocycles. The van der Waals surface area contributed by atoms with Crippen LogP contribution >= 0.6 is 19.0 Å². The summed E-state index contributed by atoms with van der Waals surface area (Å²) in [6.45, 7) is 0. The Labute approximate surface area is 235 Å². The van der Waals surface area contributed by atoms with Crippen LogP contribution in [-0.2, 0) is 0 Å². The molecule has 0 aliphatic carbocycles. The van der Waals surface area contributed by atoms with Crippen molar-refractivity contribution < 1.29 is 17.2 Å². The Morgan fingerprint density at radius 1 is 0.553 bits per heavy atom. The molecule has 38 heavy (non-hydrogen) atoms. The number of thioether (sulfide) groups is 1. The van der Waals surface area contributed by atoms with E-state index in [1.54, 1.807) is 11.8 Å². The number of halogens is 1. The van der Waals surface area contributed by atoms with Crippen molar-refractivity contribution in [3.8, 4) is 0 Å². The zero-order valence-corrected chi connectivity index (χ0v) is 23.1. The van der Waals surface area contributed by atoms with Gasteiger partial charge in [-0.1, -0.05) is 103 Å². The molecular weight excluding hydrogens is 525 g/mol. The lowest BCUT2D eigenvalue weighted by Crippen LogP contribution is -3.00. The predicted octanol–water partition coefficient (Wildman–Crippen LogP) is 4.01. The van der Waals surface area contributed by atoms with Gasteiger partial charge in [0.2, 0.25) is 0 Å². The predicted molar refractivity (Wildman–Crippen MR) is 159 cm³/mol. The molecule has 5 aromatic rings. The number of hydrogen-bond donors (Lipinski definition) is 1. The quantitative estimate of drug-likeness (QED) is 0.233. The van der Waals surface area contributed by atoms with Crippen molar-refractivity contribution in [2.24, 2.45) is 0 Å². The van der Waals surface area contributed by atoms with Crippen LogP contribution in [0.5, 0.6) is 0 Å². The fourth-order valence-corrected chi connectivity index (χ4v) is 9.68. The molecule has 0 radical (unpaired) electrons. The van der Waals surface area contributed by atoms with Gasteiger partial charge in [-0.25, -0.2) is 0 Å². The van der Waals surface area contributed by atoms with E-state index >= 15 is 0 Å². The summed E-state index contributed by atoms with van der Waals surface area (Å²) in [6, 6.07) is 51.4. The minimum Gasteiger partial charge on any atom is -1.00 e. The van der Waals surface area contributed by atoms with E-state index in [0.29, 0.717) is 5.56 Å². The molecule has 1 N–H and O–H groups in total. The number of hydrogen-bond acceptors (Lipinski definition) is 2. The normalized spacial score (nSPS) is 11.3. The maximum atomic E-state index is 13.7. The molecule has 1 amide bonds. The van der Waals surface area contributed by atoms with E-state index in [2.05, 4.69) is 95.7 Å². The van der Waals surface area contributed by atoms with Crippen LogP contribution in [0.15, 0.2) is 167 Å². The highest BCUT2D eigenvalue weighted by Gasteiger charge is 2.50. The largest absolute Gasteiger partial charge is 1.00 e. The first-order chi connectivity index (χ1) is 18.3. The zero-order chi connectivity index (χ0) is 25.3. The molecule has 0 spiro atoms. The third-order valence-corrected chi connectivity index (χ3v) is 11.4. The number of rotatable bonds is 8. The Morgan fingerprint density at radius 3 is 1.34 bits per heavy atom. The molecule has 0 saturated heterocycles. The molecule has 5 rings (SSSR count). The first-order valence-corrected chi connectivity index (χ1v) is 14.8. The summed E-state index contributed by atoms with van der Waals surface area (Å²) in [5.74, 6) is -0.118. The summed E-state index contributed by atoms with van der Waals surface area (Å²) in [5.41, 5.74) is 1.53. The molecule has 0 bridgehead atoms. The second-order valence-corrected chi connectivity index (χ2v) is 12.7. The van der Waals surface area contributed by atoms with Crippen molar-refractivity contribution in [1.82, 2.24) is 5.32 Å². The fraction of sp³-hybridized carbons (Fsp3) is 0. The van der Waals surface area contributed by atoms with Crippen molar-refractivity contribution in [2.45, 2.75) is 4.90 Å². The summed E-state index contributed by atoms with van der Waals surface area (Å²) < 4.78 is 0. The molecule has 0 unspecified atom stereocenters. The second-order valence-electron chi connectivity index (χ2n) is 8.43. The van der Waals surface area contributed by atoms with Crippen LogP contribution in [0.2, 0.25) is 0 Å². The minimum absolute atomic E-state index is 0. The average Bonchev–Trinajstić information content (AvgIpc) is 2.99. The van der Waals surface area contributed by atoms with Gasteiger partial charge in [0.1, 0.15) is 15.9 Å². The molecule has 0 aliphatic rings. The highest BCUT2D eigenvalue weighted by molar-refractivity contribution is 8.04. The topological polar surface area (TPSA) is 29.1 Å². The Hall–Kier alpha value is -3.62. The van der Waals surface area contributed by atoms with E-state index in [9.17, 15) is 4.79 Å². The van der Waals surface area contributed by atoms with Gasteiger partial charge in [-0.3, -0.25) is 10.1 Å². The van der Waals surface area contributed by atoms with Crippen LogP contribution in [-0.4, -0.2) is 5.91 Å². The fourth-order valence-electron chi connectivity index (χ4n) is 4.41. The van der Waals surface area contributed by atoms with Gasteiger partial charge >= 0.3 is 0 Å². The third kappa shape index (κ3) is 5.92. The summed E-state index contributed by atoms with van der Waals surface area (Å²) >= 11 is 1.63. The van der Waals surface area contributed by atoms with Crippen molar-refractivity contribution in [3.05, 3.63) is 168 Å². The van der Waals surface area contributed by atoms with Crippen LogP contribution in [0.3, 0.4) is 0 Å². The lowest BCUT2D eigenvalue weighted by Gasteiger charge is -2.29. The van der Waals surface area contributed by atoms with Gasteiger partial charge in [0.05, 0.1) is 0 Å². The van der Waals surface area contributed by atoms with Crippen molar-refractivity contribution in [3.63, 3.8) is 0 Å². The van der Waals surface area contributed by atoms with Crippen LogP contribution in [0.4, 0.5) is 0 Å². The Morgan fingerprint density at radius 2 is 0.921 bits per heavy atom. The van der Waals surface area contributed by atoms with E-state index in [4.69, 9.17) is 0 Å². The van der Waals surface area contributed by atoms with Crippen LogP contribution in [0.1, 0.15) is 10.4 Å². The van der Waals surface area contributed by atoms with Gasteiger partial charge < -0.3 is 12.4 Å². The summed E-state index contributed by atoms with van der Waals surface area (Å²) in [5, 5.41) is 9.07. The Kier molecular flexibility index (Phi) is 9.56. The summed E-state index contributed by atoms with van der Waals surface area (Å²) in [4.78, 5) is 14.8. The van der Waals surface area contributed by atoms with Crippen LogP contribution in [0, 0.1) is 0 Å². The third-order valence-electron chi connectivity index (χ3n) is 6.12. The van der Waals surface area contributed by atoms with Crippen LogP contribution in [0.25, 0.3) is 0 Å². The second kappa shape index (κ2) is 13.3. The maximum Gasteiger partial charge on any atom is 0.258 e. The molecule has 0 aliphatic heterocycles. The summed E-state index contributed by atoms with van der Waals surface area (Å²) in [6.07, 6.45) is 0. The van der Waals surface area contributed by atoms with E-state index in [-0.39, 0.29) is 18.3 Å². The molecule has 2 nitrogen and oxygen atoms in total. The van der Waals surface area contributed by atoms with Gasteiger partial charge in [0.15, 0.2) is 12.7 Å². The molecule has 0 heterocycles. The molecule has 0 saturated carbocycles. The Bertz CT molecular complexity index is 1370. The molecule has 5 heteroatoms. The molecule has 188 valence electrons. The van der Waals surface area contributed by atoms with Crippen molar-refractivity contribution in [2.75, 3.05) is 0 Å². The highest BCUT2D eigenvalue weighted by atomic mass is 35.5. The molecule has 0 fully saturated rings. The number of carbonyl (C=O) groups excluding carboxylic acids is 1. The van der Waals surface area contributed by atoms with E-state index in [0.717, 1.165) is 10.3 Å². The molecular formula is C33H27ClNOPS. The molecule has 0 atom stereocenters. The van der Waals surface area contributed by atoms with E-state index in [1.165, 1.54) is 15.9 Å². The van der Waals surface area contributed by atoms with Gasteiger partial charge in [0, 0.05) is 15.9 Å². The van der Waals surface area contributed by atoms with Crippen molar-refractivity contribution >= 4 is 40.8 Å². The highest BCUT2D eigenvalue weighted by Crippen LogP contribution is 2.62. The number of amides is 1. The molecule has 5 aromatic carbocycles. The maximum absolute atomic E-state index is 13.7. The first-order valence-electron chi connectivity index (χ1n) is 12.1. The van der Waals surface area contributed by atoms with Gasteiger partial charge in [-0.2, -0.15) is 0 Å². The number of benzene rings is 5. The minimum atomic E-state index is -2.47.